The van der Waals surface area contributed by atoms with Crippen LogP contribution in [0, 0.1) is 6.92 Å². The molecule has 116 valence electrons. The van der Waals surface area contributed by atoms with Crippen LogP contribution in [0.4, 0.5) is 5.13 Å². The number of aromatic nitrogens is 2. The molecule has 0 unspecified atom stereocenters. The Hall–Kier alpha value is -1.95. The summed E-state index contributed by atoms with van der Waals surface area (Å²) in [6.07, 6.45) is 0. The number of halogens is 2. The summed E-state index contributed by atoms with van der Waals surface area (Å²) in [6, 6.07) is 12.5. The maximum atomic E-state index is 12.3. The number of amides is 1. The van der Waals surface area contributed by atoms with Crippen LogP contribution in [0.15, 0.2) is 42.5 Å². The van der Waals surface area contributed by atoms with Crippen molar-refractivity contribution in [3.05, 3.63) is 63.6 Å². The number of carbonyl (C=O) groups excluding carboxylic acids is 1. The largest absolute Gasteiger partial charge is 0.296 e. The van der Waals surface area contributed by atoms with Crippen molar-refractivity contribution in [3.8, 4) is 10.6 Å². The third kappa shape index (κ3) is 3.69. The summed E-state index contributed by atoms with van der Waals surface area (Å²) in [6.45, 7) is 1.88. The highest BCUT2D eigenvalue weighted by molar-refractivity contribution is 7.18. The molecule has 0 aliphatic heterocycles. The van der Waals surface area contributed by atoms with E-state index in [-0.39, 0.29) is 5.91 Å². The van der Waals surface area contributed by atoms with Gasteiger partial charge in [0.1, 0.15) is 5.01 Å². The van der Waals surface area contributed by atoms with Gasteiger partial charge >= 0.3 is 0 Å². The number of hydrogen-bond donors (Lipinski definition) is 1. The minimum Gasteiger partial charge on any atom is -0.296 e. The lowest BCUT2D eigenvalue weighted by atomic mass is 10.1. The van der Waals surface area contributed by atoms with Crippen LogP contribution < -0.4 is 5.32 Å². The van der Waals surface area contributed by atoms with Gasteiger partial charge in [-0.2, -0.15) is 0 Å². The average molecular weight is 364 g/mol. The zero-order chi connectivity index (χ0) is 16.4. The summed E-state index contributed by atoms with van der Waals surface area (Å²) in [5, 5.41) is 12.9. The number of nitrogens with one attached hydrogen (secondary N) is 1. The first-order valence-corrected chi connectivity index (χ1v) is 8.27. The lowest BCUT2D eigenvalue weighted by Crippen LogP contribution is -2.12. The topological polar surface area (TPSA) is 54.9 Å². The van der Waals surface area contributed by atoms with E-state index in [1.165, 1.54) is 11.3 Å². The minimum atomic E-state index is -0.213. The molecular formula is C16H11Cl2N3OS. The van der Waals surface area contributed by atoms with Gasteiger partial charge in [-0.25, -0.2) is 0 Å². The van der Waals surface area contributed by atoms with Crippen LogP contribution in [0.3, 0.4) is 0 Å². The molecule has 0 aliphatic carbocycles. The Morgan fingerprint density at radius 2 is 1.78 bits per heavy atom. The van der Waals surface area contributed by atoms with Gasteiger partial charge in [-0.1, -0.05) is 52.7 Å². The predicted octanol–water partition coefficient (Wildman–Crippen LogP) is 5.07. The molecular weight excluding hydrogens is 353 g/mol. The Morgan fingerprint density at radius 3 is 2.48 bits per heavy atom. The Labute approximate surface area is 147 Å². The van der Waals surface area contributed by atoms with E-state index in [0.717, 1.165) is 11.1 Å². The first-order chi connectivity index (χ1) is 11.0. The Balaban J connectivity index is 1.82. The van der Waals surface area contributed by atoms with E-state index >= 15 is 0 Å². The van der Waals surface area contributed by atoms with Gasteiger partial charge in [0, 0.05) is 21.2 Å². The fraction of sp³-hybridized carbons (Fsp3) is 0.0625. The number of anilines is 1. The summed E-state index contributed by atoms with van der Waals surface area (Å²) in [7, 11) is 0. The van der Waals surface area contributed by atoms with Crippen molar-refractivity contribution < 1.29 is 4.79 Å². The lowest BCUT2D eigenvalue weighted by molar-refractivity contribution is 0.102. The molecule has 1 heterocycles. The maximum absolute atomic E-state index is 12.3. The fourth-order valence-electron chi connectivity index (χ4n) is 2.06. The molecule has 3 aromatic rings. The number of benzene rings is 2. The van der Waals surface area contributed by atoms with Crippen molar-refractivity contribution in [2.24, 2.45) is 0 Å². The summed E-state index contributed by atoms with van der Waals surface area (Å²) in [4.78, 5) is 12.3. The van der Waals surface area contributed by atoms with E-state index in [4.69, 9.17) is 23.2 Å². The van der Waals surface area contributed by atoms with Crippen LogP contribution in [0.1, 0.15) is 15.9 Å². The van der Waals surface area contributed by atoms with Gasteiger partial charge in [-0.05, 0) is 36.8 Å². The van der Waals surface area contributed by atoms with Crippen LogP contribution >= 0.6 is 34.5 Å². The highest BCUT2D eigenvalue weighted by Crippen LogP contribution is 2.31. The van der Waals surface area contributed by atoms with E-state index in [0.29, 0.717) is 25.7 Å². The fourth-order valence-corrected chi connectivity index (χ4v) is 3.31. The highest BCUT2D eigenvalue weighted by atomic mass is 35.5. The van der Waals surface area contributed by atoms with Gasteiger partial charge in [-0.3, -0.25) is 10.1 Å². The third-order valence-electron chi connectivity index (χ3n) is 3.14. The Morgan fingerprint density at radius 1 is 1.09 bits per heavy atom. The molecule has 1 aromatic heterocycles. The normalized spacial score (nSPS) is 10.6. The van der Waals surface area contributed by atoms with Gasteiger partial charge < -0.3 is 0 Å². The molecule has 0 aliphatic rings. The molecule has 0 saturated carbocycles. The van der Waals surface area contributed by atoms with Crippen molar-refractivity contribution in [2.75, 3.05) is 5.32 Å². The lowest BCUT2D eigenvalue weighted by Gasteiger charge is -2.03. The van der Waals surface area contributed by atoms with E-state index in [1.54, 1.807) is 24.3 Å². The minimum absolute atomic E-state index is 0.213. The molecule has 1 N–H and O–H groups in total. The number of rotatable bonds is 3. The molecule has 3 rings (SSSR count). The van der Waals surface area contributed by atoms with Crippen LogP contribution in [0.5, 0.6) is 0 Å². The molecule has 0 atom stereocenters. The summed E-state index contributed by atoms with van der Waals surface area (Å²) < 4.78 is 0. The first-order valence-electron chi connectivity index (χ1n) is 6.70. The van der Waals surface area contributed by atoms with Crippen molar-refractivity contribution in [1.82, 2.24) is 10.2 Å². The first kappa shape index (κ1) is 15.9. The number of hydrogen-bond acceptors (Lipinski definition) is 4. The van der Waals surface area contributed by atoms with Crippen molar-refractivity contribution in [2.45, 2.75) is 6.92 Å². The molecule has 0 bridgehead atoms. The van der Waals surface area contributed by atoms with E-state index in [1.807, 2.05) is 25.1 Å². The van der Waals surface area contributed by atoms with Gasteiger partial charge in [0.25, 0.3) is 5.91 Å². The monoisotopic (exact) mass is 363 g/mol. The highest BCUT2D eigenvalue weighted by Gasteiger charge is 2.13. The summed E-state index contributed by atoms with van der Waals surface area (Å²) in [5.74, 6) is -0.213. The van der Waals surface area contributed by atoms with Gasteiger partial charge in [-0.15, -0.1) is 10.2 Å². The van der Waals surface area contributed by atoms with Gasteiger partial charge in [0.05, 0.1) is 0 Å². The standard InChI is InChI=1S/C16H11Cl2N3OS/c1-9-4-2-3-5-13(9)14(22)19-16-21-20-15(23-16)10-6-11(17)8-12(18)7-10/h2-8H,1H3,(H,19,21,22). The maximum Gasteiger partial charge on any atom is 0.257 e. The molecule has 0 radical (unpaired) electrons. The van der Waals surface area contributed by atoms with Crippen LogP contribution in [0.2, 0.25) is 10.0 Å². The van der Waals surface area contributed by atoms with Crippen molar-refractivity contribution >= 4 is 45.6 Å². The number of aryl methyl sites for hydroxylation is 1. The molecule has 7 heteroatoms. The second kappa shape index (κ2) is 6.66. The molecule has 0 saturated heterocycles. The van der Waals surface area contributed by atoms with Crippen LogP contribution in [-0.2, 0) is 0 Å². The smallest absolute Gasteiger partial charge is 0.257 e. The van der Waals surface area contributed by atoms with E-state index in [9.17, 15) is 4.79 Å². The number of nitrogens with zero attached hydrogens (tertiary/aromatic N) is 2. The Bertz CT molecular complexity index is 859. The van der Waals surface area contributed by atoms with E-state index < -0.39 is 0 Å². The zero-order valence-electron chi connectivity index (χ0n) is 12.0. The zero-order valence-corrected chi connectivity index (χ0v) is 14.3. The van der Waals surface area contributed by atoms with Gasteiger partial charge in [0.15, 0.2) is 0 Å². The van der Waals surface area contributed by atoms with Crippen molar-refractivity contribution in [1.29, 1.82) is 0 Å². The molecule has 0 spiro atoms. The molecule has 1 amide bonds. The predicted molar refractivity (Wildman–Crippen MR) is 94.5 cm³/mol. The van der Waals surface area contributed by atoms with Crippen LogP contribution in [-0.4, -0.2) is 16.1 Å². The molecule has 2 aromatic carbocycles. The third-order valence-corrected chi connectivity index (χ3v) is 4.47. The summed E-state index contributed by atoms with van der Waals surface area (Å²) >= 11 is 13.2. The molecule has 23 heavy (non-hydrogen) atoms. The molecule has 4 nitrogen and oxygen atoms in total. The second-order valence-electron chi connectivity index (χ2n) is 4.84. The summed E-state index contributed by atoms with van der Waals surface area (Å²) in [5.41, 5.74) is 2.27. The van der Waals surface area contributed by atoms with Gasteiger partial charge in [0.2, 0.25) is 5.13 Å². The van der Waals surface area contributed by atoms with Crippen LogP contribution in [0.25, 0.3) is 10.6 Å². The number of carbonyl (C=O) groups is 1. The van der Waals surface area contributed by atoms with E-state index in [2.05, 4.69) is 15.5 Å². The quantitative estimate of drug-likeness (QED) is 0.706. The average Bonchev–Trinajstić information content (AvgIpc) is 2.95. The molecule has 0 fully saturated rings. The Kier molecular flexibility index (Phi) is 4.61. The second-order valence-corrected chi connectivity index (χ2v) is 6.69. The SMILES string of the molecule is Cc1ccccc1C(=O)Nc1nnc(-c2cc(Cl)cc(Cl)c2)s1. The van der Waals surface area contributed by atoms with Crippen molar-refractivity contribution in [3.63, 3.8) is 0 Å².